The number of benzene rings is 2. The molecule has 1 aliphatic carbocycles. The van der Waals surface area contributed by atoms with Crippen molar-refractivity contribution >= 4 is 23.7 Å². The number of nitrogens with zero attached hydrogens (tertiary/aromatic N) is 4. The van der Waals surface area contributed by atoms with Gasteiger partial charge in [0.15, 0.2) is 0 Å². The fourth-order valence-corrected chi connectivity index (χ4v) is 5.35. The molecule has 2 aromatic carbocycles. The van der Waals surface area contributed by atoms with Crippen LogP contribution in [0.1, 0.15) is 53.6 Å². The summed E-state index contributed by atoms with van der Waals surface area (Å²) < 4.78 is 14.5. The van der Waals surface area contributed by atoms with Crippen molar-refractivity contribution in [3.05, 3.63) is 65.0 Å². The molecule has 2 aliphatic heterocycles. The lowest BCUT2D eigenvalue weighted by Crippen LogP contribution is -2.52. The molecule has 3 aliphatic rings. The van der Waals surface area contributed by atoms with Crippen LogP contribution in [0.5, 0.6) is 0 Å². The fourth-order valence-electron chi connectivity index (χ4n) is 5.35. The van der Waals surface area contributed by atoms with Crippen LogP contribution >= 0.6 is 0 Å². The van der Waals surface area contributed by atoms with E-state index in [4.69, 9.17) is 0 Å². The van der Waals surface area contributed by atoms with Crippen LogP contribution in [-0.2, 0) is 11.3 Å². The third-order valence-electron chi connectivity index (χ3n) is 7.20. The summed E-state index contributed by atoms with van der Waals surface area (Å²) in [6.07, 6.45) is 7.23. The zero-order valence-electron chi connectivity index (χ0n) is 19.5. The van der Waals surface area contributed by atoms with Crippen molar-refractivity contribution in [2.75, 3.05) is 37.7 Å². The number of carbonyl (C=O) groups is 2. The minimum atomic E-state index is -0.267. The molecule has 2 heterocycles. The predicted molar refractivity (Wildman–Crippen MR) is 131 cm³/mol. The lowest BCUT2D eigenvalue weighted by molar-refractivity contribution is -0.138. The number of halogens is 1. The number of anilines is 1. The molecule has 6 nitrogen and oxygen atoms in total. The molecule has 2 aromatic rings. The van der Waals surface area contributed by atoms with Gasteiger partial charge in [0.25, 0.3) is 5.91 Å². The minimum Gasteiger partial charge on any atom is -0.345 e. The van der Waals surface area contributed by atoms with Gasteiger partial charge in [-0.25, -0.2) is 4.39 Å². The molecule has 0 atom stereocenters. The van der Waals surface area contributed by atoms with Crippen molar-refractivity contribution in [1.82, 2.24) is 9.80 Å². The quantitative estimate of drug-likeness (QED) is 0.688. The maximum atomic E-state index is 14.5. The summed E-state index contributed by atoms with van der Waals surface area (Å²) in [5.74, 6) is 0.152. The third-order valence-corrected chi connectivity index (χ3v) is 7.20. The summed E-state index contributed by atoms with van der Waals surface area (Å²) in [7, 11) is 0. The van der Waals surface area contributed by atoms with E-state index in [0.29, 0.717) is 50.6 Å². The number of hydrogen-bond acceptors (Lipinski definition) is 4. The molecular formula is C27H31FN4O2. The van der Waals surface area contributed by atoms with Crippen LogP contribution in [-0.4, -0.2) is 60.7 Å². The summed E-state index contributed by atoms with van der Waals surface area (Å²) in [6, 6.07) is 12.5. The van der Waals surface area contributed by atoms with Crippen LogP contribution in [0.4, 0.5) is 10.1 Å². The lowest BCUT2D eigenvalue weighted by Gasteiger charge is -2.37. The number of fused-ring (bicyclic) bond motifs is 1. The topological polar surface area (TPSA) is 56.2 Å². The number of hydrogen-bond donors (Lipinski definition) is 0. The number of aliphatic imine (C=N–C) groups is 1. The second-order valence-electron chi connectivity index (χ2n) is 9.48. The number of para-hydroxylation sites is 1. The van der Waals surface area contributed by atoms with Gasteiger partial charge in [0.1, 0.15) is 12.5 Å². The van der Waals surface area contributed by atoms with Gasteiger partial charge in [0.2, 0.25) is 5.91 Å². The summed E-state index contributed by atoms with van der Waals surface area (Å²) in [5.41, 5.74) is 2.87. The molecule has 34 heavy (non-hydrogen) atoms. The van der Waals surface area contributed by atoms with Gasteiger partial charge in [0.05, 0.1) is 5.69 Å². The van der Waals surface area contributed by atoms with E-state index < -0.39 is 0 Å². The Morgan fingerprint density at radius 2 is 1.68 bits per heavy atom. The van der Waals surface area contributed by atoms with Crippen molar-refractivity contribution in [3.63, 3.8) is 0 Å². The summed E-state index contributed by atoms with van der Waals surface area (Å²) in [5, 5.41) is 0. The second kappa shape index (κ2) is 9.95. The molecular weight excluding hydrogens is 431 g/mol. The molecule has 0 aromatic heterocycles. The highest BCUT2D eigenvalue weighted by atomic mass is 19.1. The molecule has 2 amide bonds. The van der Waals surface area contributed by atoms with E-state index in [1.807, 2.05) is 45.0 Å². The Morgan fingerprint density at radius 3 is 2.47 bits per heavy atom. The average molecular weight is 463 g/mol. The zero-order valence-corrected chi connectivity index (χ0v) is 19.5. The van der Waals surface area contributed by atoms with Crippen molar-refractivity contribution < 1.29 is 14.0 Å². The number of rotatable bonds is 4. The summed E-state index contributed by atoms with van der Waals surface area (Å²) in [4.78, 5) is 36.1. The van der Waals surface area contributed by atoms with E-state index in [-0.39, 0.29) is 23.5 Å². The van der Waals surface area contributed by atoms with Crippen LogP contribution in [0.3, 0.4) is 0 Å². The molecule has 2 fully saturated rings. The number of carbonyl (C=O) groups excluding carboxylic acids is 2. The van der Waals surface area contributed by atoms with Crippen molar-refractivity contribution in [2.45, 2.75) is 38.6 Å². The smallest absolute Gasteiger partial charge is 0.253 e. The average Bonchev–Trinajstić information content (AvgIpc) is 2.89. The van der Waals surface area contributed by atoms with Gasteiger partial charge in [-0.1, -0.05) is 43.5 Å². The van der Waals surface area contributed by atoms with Crippen LogP contribution < -0.4 is 4.90 Å². The first-order valence-corrected chi connectivity index (χ1v) is 12.3. The van der Waals surface area contributed by atoms with Gasteiger partial charge < -0.3 is 14.7 Å². The molecule has 0 spiro atoms. The molecule has 0 radical (unpaired) electrons. The fraction of sp³-hybridized carbons (Fsp3) is 0.444. The van der Waals surface area contributed by atoms with Crippen molar-refractivity contribution in [2.24, 2.45) is 10.9 Å². The van der Waals surface area contributed by atoms with E-state index in [1.165, 1.54) is 12.5 Å². The maximum Gasteiger partial charge on any atom is 0.253 e. The lowest BCUT2D eigenvalue weighted by atomic mass is 9.88. The Hall–Kier alpha value is -3.22. The van der Waals surface area contributed by atoms with E-state index in [1.54, 1.807) is 12.3 Å². The molecule has 5 rings (SSSR count). The van der Waals surface area contributed by atoms with Gasteiger partial charge in [-0.05, 0) is 36.6 Å². The Balaban J connectivity index is 1.22. The summed E-state index contributed by atoms with van der Waals surface area (Å²) in [6.45, 7) is 3.16. The molecule has 0 N–H and O–H groups in total. The van der Waals surface area contributed by atoms with Crippen molar-refractivity contribution in [1.29, 1.82) is 0 Å². The van der Waals surface area contributed by atoms with E-state index in [0.717, 1.165) is 36.8 Å². The first kappa shape index (κ1) is 22.6. The monoisotopic (exact) mass is 462 g/mol. The highest BCUT2D eigenvalue weighted by Gasteiger charge is 2.30. The van der Waals surface area contributed by atoms with E-state index in [2.05, 4.69) is 4.99 Å². The highest BCUT2D eigenvalue weighted by Crippen LogP contribution is 2.28. The Labute approximate surface area is 200 Å². The van der Waals surface area contributed by atoms with Crippen LogP contribution in [0, 0.1) is 11.7 Å². The Kier molecular flexibility index (Phi) is 6.61. The molecule has 1 saturated carbocycles. The molecule has 0 unspecified atom stereocenters. The van der Waals surface area contributed by atoms with Crippen molar-refractivity contribution in [3.8, 4) is 0 Å². The first-order chi connectivity index (χ1) is 16.6. The predicted octanol–water partition coefficient (Wildman–Crippen LogP) is 4.09. The van der Waals surface area contributed by atoms with Crippen LogP contribution in [0.15, 0.2) is 47.5 Å². The normalized spacial score (nSPS) is 18.7. The maximum absolute atomic E-state index is 14.5. The Morgan fingerprint density at radius 1 is 0.941 bits per heavy atom. The molecule has 178 valence electrons. The van der Waals surface area contributed by atoms with Gasteiger partial charge in [0, 0.05) is 56.0 Å². The van der Waals surface area contributed by atoms with E-state index in [9.17, 15) is 14.0 Å². The molecule has 0 bridgehead atoms. The molecule has 7 heteroatoms. The van der Waals surface area contributed by atoms with E-state index >= 15 is 0 Å². The first-order valence-electron chi connectivity index (χ1n) is 12.3. The van der Waals surface area contributed by atoms with Gasteiger partial charge in [-0.2, -0.15) is 0 Å². The van der Waals surface area contributed by atoms with Crippen LogP contribution in [0.25, 0.3) is 0 Å². The highest BCUT2D eigenvalue weighted by molar-refractivity contribution is 5.94. The Bertz CT molecular complexity index is 1090. The SMILES string of the molecule is O=C(c1cccc(CN2CN=Cc3cccc(F)c32)c1)N1CCN(C(=O)C2CCCCC2)CC1. The number of amides is 2. The standard InChI is InChI=1S/C27H31FN4O2/c28-24-11-5-10-23-17-29-19-32(25(23)24)18-20-6-4-9-22(16-20)27(34)31-14-12-30(13-15-31)26(33)21-7-2-1-3-8-21/h4-6,9-11,16-17,21H,1-3,7-8,12-15,18-19H2. The molecule has 1 saturated heterocycles. The van der Waals surface area contributed by atoms with Gasteiger partial charge >= 0.3 is 0 Å². The zero-order chi connectivity index (χ0) is 23.5. The number of piperazine rings is 1. The van der Waals surface area contributed by atoms with Gasteiger partial charge in [-0.3, -0.25) is 14.6 Å². The van der Waals surface area contributed by atoms with Gasteiger partial charge in [-0.15, -0.1) is 0 Å². The summed E-state index contributed by atoms with van der Waals surface area (Å²) >= 11 is 0. The third kappa shape index (κ3) is 4.69. The van der Waals surface area contributed by atoms with Crippen LogP contribution in [0.2, 0.25) is 0 Å². The second-order valence-corrected chi connectivity index (χ2v) is 9.48. The minimum absolute atomic E-state index is 0.0186. The largest absolute Gasteiger partial charge is 0.345 e.